The summed E-state index contributed by atoms with van der Waals surface area (Å²) in [6.45, 7) is 5.50. The Morgan fingerprint density at radius 3 is 2.30 bits per heavy atom. The molecule has 5 aromatic carbocycles. The zero-order valence-electron chi connectivity index (χ0n) is 26.9. The number of fused-ring (bicyclic) bond motifs is 6. The molecule has 2 heterocycles. The number of hydrogen-bond donors (Lipinski definition) is 1. The number of allylic oxidation sites excluding steroid dienone is 3. The highest BCUT2D eigenvalue weighted by Gasteiger charge is 2.35. The molecule has 0 radical (unpaired) electrons. The highest BCUT2D eigenvalue weighted by atomic mass is 15.2. The number of benzene rings is 5. The van der Waals surface area contributed by atoms with E-state index in [1.54, 1.807) is 0 Å². The van der Waals surface area contributed by atoms with Crippen LogP contribution in [0, 0.1) is 0 Å². The molecule has 0 bridgehead atoms. The molecule has 9 rings (SSSR count). The minimum atomic E-state index is -0.0567. The van der Waals surface area contributed by atoms with Crippen molar-refractivity contribution in [3.8, 4) is 27.9 Å². The zero-order chi connectivity index (χ0) is 31.5. The van der Waals surface area contributed by atoms with E-state index in [1.807, 2.05) is 0 Å². The lowest BCUT2D eigenvalue weighted by Gasteiger charge is -2.31. The minimum absolute atomic E-state index is 0.0567. The number of dihydropyridines is 1. The van der Waals surface area contributed by atoms with Gasteiger partial charge in [-0.2, -0.15) is 0 Å². The summed E-state index contributed by atoms with van der Waals surface area (Å²) in [6.07, 6.45) is 13.2. The Labute approximate surface area is 276 Å². The summed E-state index contributed by atoms with van der Waals surface area (Å²) >= 11 is 0. The predicted octanol–water partition coefficient (Wildman–Crippen LogP) is 10.7. The van der Waals surface area contributed by atoms with Crippen LogP contribution in [-0.4, -0.2) is 11.1 Å². The average Bonchev–Trinajstić information content (AvgIpc) is 3.58. The summed E-state index contributed by atoms with van der Waals surface area (Å²) in [6, 6.07) is 42.6. The second-order valence-electron chi connectivity index (χ2n) is 13.4. The van der Waals surface area contributed by atoms with Crippen LogP contribution >= 0.6 is 0 Å². The van der Waals surface area contributed by atoms with Crippen LogP contribution in [0.5, 0.6) is 0 Å². The van der Waals surface area contributed by atoms with E-state index in [1.165, 1.54) is 61.2 Å². The Hall–Kier alpha value is -5.54. The van der Waals surface area contributed by atoms with E-state index >= 15 is 0 Å². The van der Waals surface area contributed by atoms with Gasteiger partial charge in [0.1, 0.15) is 5.82 Å². The van der Waals surface area contributed by atoms with E-state index in [4.69, 9.17) is 0 Å². The average molecular weight is 608 g/mol. The minimum Gasteiger partial charge on any atom is -0.368 e. The second-order valence-corrected chi connectivity index (χ2v) is 13.4. The molecule has 228 valence electrons. The third-order valence-corrected chi connectivity index (χ3v) is 10.3. The lowest BCUT2D eigenvalue weighted by atomic mass is 9.82. The van der Waals surface area contributed by atoms with Crippen molar-refractivity contribution < 1.29 is 0 Å². The van der Waals surface area contributed by atoms with Gasteiger partial charge in [-0.3, -0.25) is 4.90 Å². The van der Waals surface area contributed by atoms with Crippen LogP contribution in [0.25, 0.3) is 44.9 Å². The molecule has 1 aliphatic heterocycles. The first-order valence-corrected chi connectivity index (χ1v) is 16.7. The summed E-state index contributed by atoms with van der Waals surface area (Å²) in [7, 11) is 0. The summed E-state index contributed by atoms with van der Waals surface area (Å²) in [5.41, 5.74) is 15.4. The van der Waals surface area contributed by atoms with Gasteiger partial charge in [-0.05, 0) is 112 Å². The largest absolute Gasteiger partial charge is 0.368 e. The lowest BCUT2D eigenvalue weighted by molar-refractivity contribution is 0.660. The number of nitrogens with one attached hydrogen (secondary N) is 1. The fraction of sp³-hybridized carbons (Fsp3) is 0.136. The molecule has 3 heteroatoms. The quantitative estimate of drug-likeness (QED) is 0.210. The van der Waals surface area contributed by atoms with Crippen LogP contribution in [0.3, 0.4) is 0 Å². The number of aryl methyl sites for hydroxylation is 1. The molecule has 1 aromatic heterocycles. The maximum Gasteiger partial charge on any atom is 0.111 e. The normalized spacial score (nSPS) is 15.5. The van der Waals surface area contributed by atoms with Crippen molar-refractivity contribution in [2.75, 3.05) is 11.4 Å². The Kier molecular flexibility index (Phi) is 6.36. The molecule has 3 nitrogen and oxygen atoms in total. The van der Waals surface area contributed by atoms with Crippen LogP contribution in [0.1, 0.15) is 42.7 Å². The van der Waals surface area contributed by atoms with E-state index in [0.717, 1.165) is 36.6 Å². The topological polar surface area (TPSA) is 20.2 Å². The molecule has 0 atom stereocenters. The molecule has 1 N–H and O–H groups in total. The van der Waals surface area contributed by atoms with Crippen LogP contribution in [-0.2, 0) is 11.8 Å². The standard InChI is InChI=1S/C44H37N3/c1-44(2)39-16-8-6-14-35(39)36-25-24-34(29-40(36)44)46(43-18-10-11-27-45-43)33-22-19-30(20-23-33)31-21-26-42-38(28-31)37-15-7-9-17-41(37)47(42)32-12-4-3-5-13-32/h3-6,8-14,16-26,28-29,45H,7,15,27H2,1-2H3. The fourth-order valence-corrected chi connectivity index (χ4v) is 7.94. The molecule has 0 saturated heterocycles. The molecular weight excluding hydrogens is 571 g/mol. The van der Waals surface area contributed by atoms with Gasteiger partial charge in [0.2, 0.25) is 0 Å². The number of hydrogen-bond acceptors (Lipinski definition) is 2. The monoisotopic (exact) mass is 607 g/mol. The number of para-hydroxylation sites is 1. The van der Waals surface area contributed by atoms with Gasteiger partial charge >= 0.3 is 0 Å². The van der Waals surface area contributed by atoms with Gasteiger partial charge in [-0.15, -0.1) is 0 Å². The third kappa shape index (κ3) is 4.41. The molecule has 0 spiro atoms. The maximum atomic E-state index is 3.63. The van der Waals surface area contributed by atoms with Crippen LogP contribution in [0.15, 0.2) is 145 Å². The molecule has 3 aliphatic rings. The Bertz CT molecular complexity index is 2260. The summed E-state index contributed by atoms with van der Waals surface area (Å²) < 4.78 is 2.42. The molecule has 0 unspecified atom stereocenters. The predicted molar refractivity (Wildman–Crippen MR) is 197 cm³/mol. The van der Waals surface area contributed by atoms with Crippen molar-refractivity contribution in [2.45, 2.75) is 32.1 Å². The van der Waals surface area contributed by atoms with Gasteiger partial charge in [-0.25, -0.2) is 0 Å². The molecule has 6 aromatic rings. The van der Waals surface area contributed by atoms with Crippen molar-refractivity contribution in [3.63, 3.8) is 0 Å². The fourth-order valence-electron chi connectivity index (χ4n) is 7.94. The molecule has 0 fully saturated rings. The number of nitrogens with zero attached hydrogens (tertiary/aromatic N) is 2. The Morgan fingerprint density at radius 2 is 1.47 bits per heavy atom. The summed E-state index contributed by atoms with van der Waals surface area (Å²) in [5.74, 6) is 1.08. The van der Waals surface area contributed by atoms with Crippen LogP contribution in [0.2, 0.25) is 0 Å². The maximum absolute atomic E-state index is 3.63. The van der Waals surface area contributed by atoms with Gasteiger partial charge in [0, 0.05) is 40.1 Å². The number of aromatic nitrogens is 1. The van der Waals surface area contributed by atoms with Gasteiger partial charge in [0.25, 0.3) is 0 Å². The lowest BCUT2D eigenvalue weighted by Crippen LogP contribution is -2.30. The first-order valence-electron chi connectivity index (χ1n) is 16.7. The van der Waals surface area contributed by atoms with Crippen molar-refractivity contribution in [1.82, 2.24) is 9.88 Å². The van der Waals surface area contributed by atoms with Gasteiger partial charge in [-0.1, -0.05) is 98.8 Å². The van der Waals surface area contributed by atoms with Crippen molar-refractivity contribution in [2.24, 2.45) is 0 Å². The van der Waals surface area contributed by atoms with Crippen molar-refractivity contribution in [3.05, 3.63) is 168 Å². The first kappa shape index (κ1) is 27.7. The van der Waals surface area contributed by atoms with E-state index in [2.05, 4.69) is 174 Å². The summed E-state index contributed by atoms with van der Waals surface area (Å²) in [4.78, 5) is 2.36. The van der Waals surface area contributed by atoms with Crippen LogP contribution < -0.4 is 10.2 Å². The van der Waals surface area contributed by atoms with Crippen LogP contribution in [0.4, 0.5) is 11.4 Å². The van der Waals surface area contributed by atoms with E-state index in [-0.39, 0.29) is 5.41 Å². The van der Waals surface area contributed by atoms with Gasteiger partial charge in [0.15, 0.2) is 0 Å². The molecule has 2 aliphatic carbocycles. The highest BCUT2D eigenvalue weighted by Crippen LogP contribution is 2.50. The third-order valence-electron chi connectivity index (χ3n) is 10.3. The Morgan fingerprint density at radius 1 is 0.702 bits per heavy atom. The molecule has 0 amide bonds. The molecule has 0 saturated carbocycles. The summed E-state index contributed by atoms with van der Waals surface area (Å²) in [5, 5.41) is 4.97. The number of anilines is 2. The van der Waals surface area contributed by atoms with Gasteiger partial charge in [0.05, 0.1) is 5.52 Å². The van der Waals surface area contributed by atoms with Crippen molar-refractivity contribution >= 4 is 28.4 Å². The first-order chi connectivity index (χ1) is 23.1. The van der Waals surface area contributed by atoms with E-state index in [0.29, 0.717) is 0 Å². The highest BCUT2D eigenvalue weighted by molar-refractivity contribution is 5.94. The smallest absolute Gasteiger partial charge is 0.111 e. The number of rotatable bonds is 5. The second kappa shape index (κ2) is 10.8. The van der Waals surface area contributed by atoms with Crippen molar-refractivity contribution in [1.29, 1.82) is 0 Å². The zero-order valence-corrected chi connectivity index (χ0v) is 26.9. The Balaban J connectivity index is 1.11. The van der Waals surface area contributed by atoms with Gasteiger partial charge < -0.3 is 9.88 Å². The van der Waals surface area contributed by atoms with E-state index < -0.39 is 0 Å². The molecular formula is C44H37N3. The molecule has 47 heavy (non-hydrogen) atoms. The SMILES string of the molecule is CC1(C)c2ccccc2-c2ccc(N(C3=CC=CCN3)c3ccc(-c4ccc5c(c4)c4c(n5-c5ccccc5)C=CCC4)cc3)cc21. The van der Waals surface area contributed by atoms with E-state index in [9.17, 15) is 0 Å².